The van der Waals surface area contributed by atoms with E-state index in [2.05, 4.69) is 33.1 Å². The summed E-state index contributed by atoms with van der Waals surface area (Å²) >= 11 is 1.60. The average Bonchev–Trinajstić information content (AvgIpc) is 3.34. The number of ether oxygens (including phenoxy) is 1. The lowest BCUT2D eigenvalue weighted by Crippen LogP contribution is -2.32. The van der Waals surface area contributed by atoms with Gasteiger partial charge in [-0.2, -0.15) is 0 Å². The van der Waals surface area contributed by atoms with Gasteiger partial charge < -0.3 is 25.1 Å². The van der Waals surface area contributed by atoms with Crippen molar-refractivity contribution >= 4 is 39.7 Å². The van der Waals surface area contributed by atoms with Gasteiger partial charge >= 0.3 is 6.01 Å². The van der Waals surface area contributed by atoms with E-state index in [1.165, 1.54) is 0 Å². The fourth-order valence-corrected chi connectivity index (χ4v) is 5.37. The zero-order valence-corrected chi connectivity index (χ0v) is 21.8. The van der Waals surface area contributed by atoms with Crippen molar-refractivity contribution < 1.29 is 13.9 Å². The smallest absolute Gasteiger partial charge is 0.317 e. The van der Waals surface area contributed by atoms with Gasteiger partial charge in [-0.1, -0.05) is 60.6 Å². The molecule has 2 aromatic heterocycles. The number of fused-ring (bicyclic) bond motifs is 1. The Balaban J connectivity index is 1.30. The Kier molecular flexibility index (Phi) is 6.38. The number of amides is 1. The number of aromatic nitrogens is 3. The summed E-state index contributed by atoms with van der Waals surface area (Å²) < 4.78 is 11.1. The Morgan fingerprint density at radius 2 is 1.92 bits per heavy atom. The topological polar surface area (TPSA) is 127 Å². The Hall–Kier alpha value is -4.09. The Morgan fingerprint density at radius 3 is 2.71 bits per heavy atom. The summed E-state index contributed by atoms with van der Waals surface area (Å²) in [5, 5.41) is 19.6. The maximum absolute atomic E-state index is 13.2. The molecule has 2 aromatic carbocycles. The van der Waals surface area contributed by atoms with E-state index in [9.17, 15) is 4.79 Å². The van der Waals surface area contributed by atoms with E-state index >= 15 is 0 Å². The predicted molar refractivity (Wildman–Crippen MR) is 147 cm³/mol. The first-order valence-electron chi connectivity index (χ1n) is 12.4. The number of carbonyl (C=O) groups excluding carboxylic acids is 1. The van der Waals surface area contributed by atoms with Crippen LogP contribution in [-0.2, 0) is 14.9 Å². The largest absolute Gasteiger partial charge is 0.402 e. The summed E-state index contributed by atoms with van der Waals surface area (Å²) in [7, 11) is 1.66. The fourth-order valence-electron chi connectivity index (χ4n) is 4.19. The third-order valence-electron chi connectivity index (χ3n) is 6.62. The lowest BCUT2D eigenvalue weighted by atomic mass is 10.0. The van der Waals surface area contributed by atoms with Crippen LogP contribution in [0.3, 0.4) is 0 Å². The van der Waals surface area contributed by atoms with Crippen LogP contribution in [0.15, 0.2) is 64.0 Å². The number of hydrogen-bond donors (Lipinski definition) is 3. The van der Waals surface area contributed by atoms with Crippen LogP contribution in [0.4, 0.5) is 16.7 Å². The molecule has 0 radical (unpaired) electrons. The van der Waals surface area contributed by atoms with Gasteiger partial charge in [0, 0.05) is 30.2 Å². The second-order valence-corrected chi connectivity index (χ2v) is 10.5. The maximum Gasteiger partial charge on any atom is 0.317 e. The number of aliphatic imine (C=N–C) groups is 1. The van der Waals surface area contributed by atoms with Crippen molar-refractivity contribution in [2.24, 2.45) is 4.99 Å². The normalized spacial score (nSPS) is 17.7. The van der Waals surface area contributed by atoms with E-state index in [-0.39, 0.29) is 23.2 Å². The molecule has 38 heavy (non-hydrogen) atoms. The van der Waals surface area contributed by atoms with E-state index in [0.29, 0.717) is 30.2 Å². The van der Waals surface area contributed by atoms with E-state index in [4.69, 9.17) is 19.1 Å². The number of rotatable bonds is 9. The van der Waals surface area contributed by atoms with Crippen LogP contribution in [-0.4, -0.2) is 53.2 Å². The molecule has 1 saturated carbocycles. The lowest BCUT2D eigenvalue weighted by molar-refractivity contribution is -0.116. The monoisotopic (exact) mass is 529 g/mol. The first kappa shape index (κ1) is 24.3. The Labute approximate surface area is 223 Å². The van der Waals surface area contributed by atoms with E-state index in [1.807, 2.05) is 54.6 Å². The maximum atomic E-state index is 13.2. The molecule has 4 aromatic rings. The first-order chi connectivity index (χ1) is 18.5. The van der Waals surface area contributed by atoms with E-state index in [1.54, 1.807) is 18.4 Å². The van der Waals surface area contributed by atoms with Crippen LogP contribution < -0.4 is 16.0 Å². The molecule has 0 unspecified atom stereocenters. The average molecular weight is 530 g/mol. The SMILES string of the molecule is COCCNc1sc(C2(C)CC2)nc1-c1nnc(N[C@H]2N=C(c3ccccc3)c3ccccc3NC2=O)o1. The van der Waals surface area contributed by atoms with Crippen molar-refractivity contribution in [2.45, 2.75) is 31.3 Å². The van der Waals surface area contributed by atoms with Crippen molar-refractivity contribution in [1.82, 2.24) is 15.2 Å². The van der Waals surface area contributed by atoms with Crippen LogP contribution in [0, 0.1) is 0 Å². The number of nitrogens with zero attached hydrogens (tertiary/aromatic N) is 4. The van der Waals surface area contributed by atoms with Crippen molar-refractivity contribution in [3.8, 4) is 11.6 Å². The molecule has 1 atom stereocenters. The fraction of sp³-hybridized carbons (Fsp3) is 0.296. The summed E-state index contributed by atoms with van der Waals surface area (Å²) in [6, 6.07) is 17.4. The van der Waals surface area contributed by atoms with E-state index in [0.717, 1.165) is 34.0 Å². The van der Waals surface area contributed by atoms with Gasteiger partial charge in [0.25, 0.3) is 11.8 Å². The number of thiazole rings is 1. The van der Waals surface area contributed by atoms with Gasteiger partial charge in [-0.25, -0.2) is 9.98 Å². The number of methoxy groups -OCH3 is 1. The molecule has 10 nitrogen and oxygen atoms in total. The number of anilines is 3. The van der Waals surface area contributed by atoms with Gasteiger partial charge in [0.05, 0.1) is 18.0 Å². The second-order valence-electron chi connectivity index (χ2n) is 9.51. The lowest BCUT2D eigenvalue weighted by Gasteiger charge is -2.11. The number of nitrogens with one attached hydrogen (secondary N) is 3. The van der Waals surface area contributed by atoms with Crippen molar-refractivity contribution in [1.29, 1.82) is 0 Å². The van der Waals surface area contributed by atoms with Crippen LogP contribution in [0.5, 0.6) is 0 Å². The second kappa shape index (κ2) is 9.99. The minimum absolute atomic E-state index is 0.0808. The number of benzene rings is 2. The predicted octanol–water partition coefficient (Wildman–Crippen LogP) is 4.53. The molecule has 3 heterocycles. The zero-order chi connectivity index (χ0) is 26.1. The quantitative estimate of drug-likeness (QED) is 0.270. The highest BCUT2D eigenvalue weighted by atomic mass is 32.1. The molecule has 1 aliphatic heterocycles. The molecule has 0 saturated heterocycles. The van der Waals surface area contributed by atoms with Gasteiger partial charge in [-0.05, 0) is 18.9 Å². The summed E-state index contributed by atoms with van der Waals surface area (Å²) in [6.07, 6.45) is 1.23. The number of hydrogen-bond acceptors (Lipinski definition) is 10. The molecule has 1 fully saturated rings. The van der Waals surface area contributed by atoms with Gasteiger partial charge in [0.2, 0.25) is 6.17 Å². The van der Waals surface area contributed by atoms with Crippen LogP contribution in [0.25, 0.3) is 11.6 Å². The highest BCUT2D eigenvalue weighted by Gasteiger charge is 2.43. The summed E-state index contributed by atoms with van der Waals surface area (Å²) in [5.74, 6) is -0.0635. The summed E-state index contributed by atoms with van der Waals surface area (Å²) in [4.78, 5) is 22.8. The molecular weight excluding hydrogens is 502 g/mol. The molecule has 1 aliphatic carbocycles. The summed E-state index contributed by atoms with van der Waals surface area (Å²) in [5.41, 5.74) is 3.79. The molecular formula is C27H27N7O3S. The molecule has 1 amide bonds. The third-order valence-corrected chi connectivity index (χ3v) is 7.94. The van der Waals surface area contributed by atoms with Gasteiger partial charge in [0.1, 0.15) is 10.0 Å². The molecule has 2 aliphatic rings. The Bertz CT molecular complexity index is 1490. The van der Waals surface area contributed by atoms with Gasteiger partial charge in [-0.15, -0.1) is 16.4 Å². The minimum Gasteiger partial charge on any atom is -0.402 e. The van der Waals surface area contributed by atoms with Crippen LogP contribution in [0.2, 0.25) is 0 Å². The van der Waals surface area contributed by atoms with Crippen molar-refractivity contribution in [3.05, 3.63) is 70.7 Å². The highest BCUT2D eigenvalue weighted by Crippen LogP contribution is 2.51. The van der Waals surface area contributed by atoms with Crippen molar-refractivity contribution in [2.75, 3.05) is 36.2 Å². The van der Waals surface area contributed by atoms with Crippen LogP contribution >= 0.6 is 11.3 Å². The molecule has 0 spiro atoms. The number of benzodiazepines with no additional fused rings is 1. The summed E-state index contributed by atoms with van der Waals surface area (Å²) in [6.45, 7) is 3.39. The standard InChI is InChI=1S/C27H27N7O3S/c1-27(12-13-27)25-31-20(24(38-25)28-14-15-36-2)23-33-34-26(37-23)32-21-22(35)29-18-11-7-6-10-17(18)19(30-21)16-8-4-3-5-9-16/h3-11,21,28H,12-15H2,1-2H3,(H,29,35)(H,32,34)/t21-/m1/s1. The van der Waals surface area contributed by atoms with Gasteiger partial charge in [0.15, 0.2) is 5.69 Å². The third kappa shape index (κ3) is 4.77. The highest BCUT2D eigenvalue weighted by molar-refractivity contribution is 7.16. The first-order valence-corrected chi connectivity index (χ1v) is 13.2. The number of carbonyl (C=O) groups is 1. The van der Waals surface area contributed by atoms with E-state index < -0.39 is 6.17 Å². The molecule has 3 N–H and O–H groups in total. The molecule has 0 bridgehead atoms. The zero-order valence-electron chi connectivity index (χ0n) is 21.0. The van der Waals surface area contributed by atoms with Gasteiger partial charge in [-0.3, -0.25) is 4.79 Å². The molecule has 6 rings (SSSR count). The Morgan fingerprint density at radius 1 is 1.13 bits per heavy atom. The molecule has 194 valence electrons. The molecule has 11 heteroatoms. The minimum atomic E-state index is -0.985. The van der Waals surface area contributed by atoms with Crippen molar-refractivity contribution in [3.63, 3.8) is 0 Å². The van der Waals surface area contributed by atoms with Crippen LogP contribution in [0.1, 0.15) is 35.9 Å². The number of para-hydroxylation sites is 1.